The van der Waals surface area contributed by atoms with E-state index >= 15 is 0 Å². The number of nitrogens with zero attached hydrogens (tertiary/aromatic N) is 2. The molecule has 5 heteroatoms. The van der Waals surface area contributed by atoms with E-state index in [9.17, 15) is 4.79 Å². The number of carbonyl (C=O) groups excluding carboxylic acids is 1. The van der Waals surface area contributed by atoms with Crippen molar-refractivity contribution in [2.24, 2.45) is 0 Å². The molecule has 0 atom stereocenters. The summed E-state index contributed by atoms with van der Waals surface area (Å²) < 4.78 is 0. The number of rotatable bonds is 7. The average Bonchev–Trinajstić information content (AvgIpc) is 3.23. The first-order valence-electron chi connectivity index (χ1n) is 7.98. The number of amides is 1. The normalized spacial score (nSPS) is 21.6. The topological polar surface area (TPSA) is 55.8 Å². The number of piperidine rings is 1. The lowest BCUT2D eigenvalue weighted by Crippen LogP contribution is -2.49. The molecule has 20 heavy (non-hydrogen) atoms. The highest BCUT2D eigenvalue weighted by Crippen LogP contribution is 2.26. The van der Waals surface area contributed by atoms with Gasteiger partial charge in [-0.05, 0) is 39.5 Å². The van der Waals surface area contributed by atoms with Gasteiger partial charge in [-0.1, -0.05) is 0 Å². The van der Waals surface area contributed by atoms with Crippen LogP contribution in [-0.4, -0.2) is 71.7 Å². The number of likely N-dealkylation sites (tertiary alicyclic amines) is 1. The Bertz CT molecular complexity index is 310. The lowest BCUT2D eigenvalue weighted by molar-refractivity contribution is -0.123. The Morgan fingerprint density at radius 1 is 1.30 bits per heavy atom. The fourth-order valence-electron chi connectivity index (χ4n) is 2.98. The van der Waals surface area contributed by atoms with Crippen LogP contribution in [0.1, 0.15) is 39.5 Å². The van der Waals surface area contributed by atoms with Crippen LogP contribution in [-0.2, 0) is 4.79 Å². The van der Waals surface area contributed by atoms with E-state index in [1.54, 1.807) is 0 Å². The fraction of sp³-hybridized carbons (Fsp3) is 0.933. The van der Waals surface area contributed by atoms with Crippen molar-refractivity contribution in [2.45, 2.75) is 57.7 Å². The predicted octanol–water partition coefficient (Wildman–Crippen LogP) is 0.432. The molecule has 2 N–H and O–H groups in total. The summed E-state index contributed by atoms with van der Waals surface area (Å²) in [5.41, 5.74) is 0. The molecule has 1 amide bonds. The van der Waals surface area contributed by atoms with Crippen LogP contribution in [0, 0.1) is 0 Å². The summed E-state index contributed by atoms with van der Waals surface area (Å²) in [4.78, 5) is 16.7. The van der Waals surface area contributed by atoms with Crippen molar-refractivity contribution < 1.29 is 9.90 Å². The summed E-state index contributed by atoms with van der Waals surface area (Å²) >= 11 is 0. The highest BCUT2D eigenvalue weighted by Gasteiger charge is 2.30. The van der Waals surface area contributed by atoms with Gasteiger partial charge in [0.1, 0.15) is 0 Å². The maximum atomic E-state index is 12.1. The van der Waals surface area contributed by atoms with E-state index in [4.69, 9.17) is 5.11 Å². The average molecular weight is 283 g/mol. The standard InChI is InChI=1S/C15H29N3O2/c1-12(2)17-7-5-13(6-8-17)16-15(20)11-18(9-10-19)14-3-4-14/h12-14,19H,3-11H2,1-2H3,(H,16,20). The Labute approximate surface area is 122 Å². The highest BCUT2D eigenvalue weighted by molar-refractivity contribution is 5.78. The van der Waals surface area contributed by atoms with E-state index in [1.807, 2.05) is 0 Å². The molecular formula is C15H29N3O2. The second-order valence-corrected chi connectivity index (χ2v) is 6.40. The number of aliphatic hydroxyl groups is 1. The molecule has 1 aliphatic carbocycles. The third-order valence-corrected chi connectivity index (χ3v) is 4.42. The summed E-state index contributed by atoms with van der Waals surface area (Å²) in [5, 5.41) is 12.2. The molecule has 1 saturated heterocycles. The molecule has 0 aromatic heterocycles. The van der Waals surface area contributed by atoms with Crippen LogP contribution in [0.15, 0.2) is 0 Å². The summed E-state index contributed by atoms with van der Waals surface area (Å²) in [6, 6.07) is 1.45. The molecule has 0 bridgehead atoms. The number of hydrogen-bond acceptors (Lipinski definition) is 4. The second-order valence-electron chi connectivity index (χ2n) is 6.40. The smallest absolute Gasteiger partial charge is 0.234 e. The molecule has 1 heterocycles. The predicted molar refractivity (Wildman–Crippen MR) is 79.6 cm³/mol. The zero-order valence-corrected chi connectivity index (χ0v) is 12.8. The molecule has 0 spiro atoms. The van der Waals surface area contributed by atoms with Crippen molar-refractivity contribution in [1.29, 1.82) is 0 Å². The SMILES string of the molecule is CC(C)N1CCC(NC(=O)CN(CCO)C2CC2)CC1. The lowest BCUT2D eigenvalue weighted by atomic mass is 10.0. The molecule has 2 aliphatic rings. The van der Waals surface area contributed by atoms with Crippen molar-refractivity contribution in [3.05, 3.63) is 0 Å². The van der Waals surface area contributed by atoms with Crippen molar-refractivity contribution in [3.63, 3.8) is 0 Å². The first kappa shape index (κ1) is 15.7. The van der Waals surface area contributed by atoms with Gasteiger partial charge >= 0.3 is 0 Å². The summed E-state index contributed by atoms with van der Waals surface area (Å²) in [5.74, 6) is 0.119. The van der Waals surface area contributed by atoms with E-state index in [2.05, 4.69) is 29.0 Å². The molecule has 1 saturated carbocycles. The van der Waals surface area contributed by atoms with Crippen LogP contribution < -0.4 is 5.32 Å². The quantitative estimate of drug-likeness (QED) is 0.711. The molecule has 2 rings (SSSR count). The van der Waals surface area contributed by atoms with E-state index in [-0.39, 0.29) is 12.5 Å². The van der Waals surface area contributed by atoms with Gasteiger partial charge in [0.05, 0.1) is 13.2 Å². The summed E-state index contributed by atoms with van der Waals surface area (Å²) in [6.45, 7) is 7.79. The van der Waals surface area contributed by atoms with Crippen molar-refractivity contribution in [1.82, 2.24) is 15.1 Å². The first-order valence-corrected chi connectivity index (χ1v) is 7.98. The molecule has 0 aromatic carbocycles. The monoisotopic (exact) mass is 283 g/mol. The Kier molecular flexibility index (Phi) is 5.81. The van der Waals surface area contributed by atoms with E-state index in [0.717, 1.165) is 25.9 Å². The van der Waals surface area contributed by atoms with E-state index in [0.29, 0.717) is 31.2 Å². The maximum absolute atomic E-state index is 12.1. The van der Waals surface area contributed by atoms with E-state index < -0.39 is 0 Å². The number of nitrogens with one attached hydrogen (secondary N) is 1. The minimum Gasteiger partial charge on any atom is -0.395 e. The van der Waals surface area contributed by atoms with Crippen molar-refractivity contribution >= 4 is 5.91 Å². The van der Waals surface area contributed by atoms with Crippen LogP contribution in [0.4, 0.5) is 0 Å². The molecule has 2 fully saturated rings. The van der Waals surface area contributed by atoms with Gasteiger partial charge in [-0.15, -0.1) is 0 Å². The Hall–Kier alpha value is -0.650. The second kappa shape index (κ2) is 7.38. The van der Waals surface area contributed by atoms with Crippen molar-refractivity contribution in [2.75, 3.05) is 32.8 Å². The Balaban J connectivity index is 1.69. The fourth-order valence-corrected chi connectivity index (χ4v) is 2.98. The van der Waals surface area contributed by atoms with Gasteiger partial charge in [0.25, 0.3) is 0 Å². The zero-order valence-electron chi connectivity index (χ0n) is 12.8. The molecule has 0 radical (unpaired) electrons. The molecule has 0 unspecified atom stereocenters. The number of hydrogen-bond donors (Lipinski definition) is 2. The highest BCUT2D eigenvalue weighted by atomic mass is 16.3. The zero-order chi connectivity index (χ0) is 14.5. The minimum absolute atomic E-state index is 0.119. The molecule has 5 nitrogen and oxygen atoms in total. The molecule has 0 aromatic rings. The third kappa shape index (κ3) is 4.72. The van der Waals surface area contributed by atoms with Gasteiger partial charge in [-0.25, -0.2) is 0 Å². The first-order chi connectivity index (χ1) is 9.60. The Morgan fingerprint density at radius 3 is 2.45 bits per heavy atom. The number of carbonyl (C=O) groups is 1. The Morgan fingerprint density at radius 2 is 1.95 bits per heavy atom. The van der Waals surface area contributed by atoms with Gasteiger partial charge in [0.2, 0.25) is 5.91 Å². The lowest BCUT2D eigenvalue weighted by Gasteiger charge is -2.35. The summed E-state index contributed by atoms with van der Waals surface area (Å²) in [6.07, 6.45) is 4.43. The number of aliphatic hydroxyl groups excluding tert-OH is 1. The van der Waals surface area contributed by atoms with Gasteiger partial charge in [0.15, 0.2) is 0 Å². The van der Waals surface area contributed by atoms with Crippen LogP contribution in [0.5, 0.6) is 0 Å². The van der Waals surface area contributed by atoms with Gasteiger partial charge in [-0.2, -0.15) is 0 Å². The van der Waals surface area contributed by atoms with Crippen molar-refractivity contribution in [3.8, 4) is 0 Å². The largest absolute Gasteiger partial charge is 0.395 e. The van der Waals surface area contributed by atoms with Crippen LogP contribution >= 0.6 is 0 Å². The van der Waals surface area contributed by atoms with Gasteiger partial charge < -0.3 is 15.3 Å². The van der Waals surface area contributed by atoms with Crippen LogP contribution in [0.25, 0.3) is 0 Å². The minimum atomic E-state index is 0.119. The molecule has 116 valence electrons. The van der Waals surface area contributed by atoms with E-state index in [1.165, 1.54) is 12.8 Å². The molecular weight excluding hydrogens is 254 g/mol. The molecule has 1 aliphatic heterocycles. The maximum Gasteiger partial charge on any atom is 0.234 e. The van der Waals surface area contributed by atoms with Gasteiger partial charge in [0, 0.05) is 37.8 Å². The summed E-state index contributed by atoms with van der Waals surface area (Å²) in [7, 11) is 0. The van der Waals surface area contributed by atoms with Gasteiger partial charge in [-0.3, -0.25) is 9.69 Å². The third-order valence-electron chi connectivity index (χ3n) is 4.42. The van der Waals surface area contributed by atoms with Crippen LogP contribution in [0.3, 0.4) is 0 Å². The van der Waals surface area contributed by atoms with Crippen LogP contribution in [0.2, 0.25) is 0 Å².